The van der Waals surface area contributed by atoms with Crippen LogP contribution in [-0.4, -0.2) is 34.8 Å². The van der Waals surface area contributed by atoms with Crippen LogP contribution in [0, 0.1) is 0 Å². The number of rotatable bonds is 6. The molecule has 0 spiro atoms. The molecule has 1 N–H and O–H groups in total. The molecule has 0 aliphatic rings. The van der Waals surface area contributed by atoms with E-state index in [0.717, 1.165) is 0 Å². The monoisotopic (exact) mass is 237 g/mol. The topological polar surface area (TPSA) is 73.2 Å². The third-order valence-corrected chi connectivity index (χ3v) is 1.89. The number of hydrogen-bond acceptors (Lipinski definition) is 4. The molecular weight excluding hydrogens is 222 g/mol. The maximum absolute atomic E-state index is 11.3. The molecule has 92 valence electrons. The van der Waals surface area contributed by atoms with Gasteiger partial charge in [-0.25, -0.2) is 4.79 Å². The van der Waals surface area contributed by atoms with Gasteiger partial charge in [-0.3, -0.25) is 9.48 Å². The summed E-state index contributed by atoms with van der Waals surface area (Å²) in [6.45, 7) is 6.00. The van der Waals surface area contributed by atoms with Crippen molar-refractivity contribution < 1.29 is 14.3 Å². The fraction of sp³-hybridized carbons (Fsp3) is 0.364. The Morgan fingerprint density at radius 3 is 3.06 bits per heavy atom. The molecule has 0 radical (unpaired) electrons. The predicted octanol–water partition coefficient (Wildman–Crippen LogP) is 0.362. The normalized spacial score (nSPS) is 9.71. The van der Waals surface area contributed by atoms with Crippen LogP contribution in [0.4, 0.5) is 0 Å². The van der Waals surface area contributed by atoms with Crippen molar-refractivity contribution in [3.8, 4) is 0 Å². The standard InChI is InChI=1S/C11H15N3O3/c1-3-5-12-10(15)8-14-7-9(6-13-14)11(16)17-4-2/h3,6-7H,1,4-5,8H2,2H3,(H,12,15). The molecule has 0 aromatic carbocycles. The highest BCUT2D eigenvalue weighted by Gasteiger charge is 2.10. The van der Waals surface area contributed by atoms with Gasteiger partial charge >= 0.3 is 5.97 Å². The van der Waals surface area contributed by atoms with Gasteiger partial charge in [-0.15, -0.1) is 6.58 Å². The maximum atomic E-state index is 11.3. The average molecular weight is 237 g/mol. The van der Waals surface area contributed by atoms with Gasteiger partial charge in [0.15, 0.2) is 0 Å². The molecule has 0 bridgehead atoms. The second-order valence-electron chi connectivity index (χ2n) is 3.24. The summed E-state index contributed by atoms with van der Waals surface area (Å²) < 4.78 is 6.18. The molecule has 1 rings (SSSR count). The zero-order valence-corrected chi connectivity index (χ0v) is 9.68. The van der Waals surface area contributed by atoms with E-state index in [0.29, 0.717) is 18.7 Å². The van der Waals surface area contributed by atoms with E-state index >= 15 is 0 Å². The molecule has 0 aliphatic heterocycles. The highest BCUT2D eigenvalue weighted by Crippen LogP contribution is 2.00. The van der Waals surface area contributed by atoms with E-state index in [1.807, 2.05) is 0 Å². The van der Waals surface area contributed by atoms with E-state index in [1.165, 1.54) is 17.1 Å². The number of ether oxygens (including phenoxy) is 1. The van der Waals surface area contributed by atoms with E-state index in [2.05, 4.69) is 17.0 Å². The average Bonchev–Trinajstić information content (AvgIpc) is 2.75. The van der Waals surface area contributed by atoms with Crippen LogP contribution in [0.1, 0.15) is 17.3 Å². The minimum absolute atomic E-state index is 0.0627. The fourth-order valence-corrected chi connectivity index (χ4v) is 1.16. The summed E-state index contributed by atoms with van der Waals surface area (Å²) in [6.07, 6.45) is 4.44. The second-order valence-corrected chi connectivity index (χ2v) is 3.24. The van der Waals surface area contributed by atoms with Crippen LogP contribution in [0.15, 0.2) is 25.0 Å². The molecule has 1 heterocycles. The predicted molar refractivity (Wildman–Crippen MR) is 61.4 cm³/mol. The summed E-state index contributed by atoms with van der Waals surface area (Å²) >= 11 is 0. The van der Waals surface area contributed by atoms with Gasteiger partial charge in [0.2, 0.25) is 5.91 Å². The second kappa shape index (κ2) is 6.47. The van der Waals surface area contributed by atoms with Crippen molar-refractivity contribution in [1.82, 2.24) is 15.1 Å². The number of hydrogen-bond donors (Lipinski definition) is 1. The molecular formula is C11H15N3O3. The first-order valence-electron chi connectivity index (χ1n) is 5.24. The molecule has 1 aromatic heterocycles. The number of amides is 1. The maximum Gasteiger partial charge on any atom is 0.341 e. The lowest BCUT2D eigenvalue weighted by Gasteiger charge is -2.01. The quantitative estimate of drug-likeness (QED) is 0.572. The Labute approximate surface area is 99.3 Å². The molecule has 17 heavy (non-hydrogen) atoms. The number of aromatic nitrogens is 2. The van der Waals surface area contributed by atoms with Gasteiger partial charge in [-0.05, 0) is 6.92 Å². The van der Waals surface area contributed by atoms with Gasteiger partial charge in [-0.1, -0.05) is 6.08 Å². The Morgan fingerprint density at radius 2 is 2.41 bits per heavy atom. The molecule has 6 nitrogen and oxygen atoms in total. The molecule has 0 saturated heterocycles. The number of nitrogens with zero attached hydrogens (tertiary/aromatic N) is 2. The van der Waals surface area contributed by atoms with Crippen LogP contribution < -0.4 is 5.32 Å². The summed E-state index contributed by atoms with van der Waals surface area (Å²) in [5.74, 6) is -0.631. The summed E-state index contributed by atoms with van der Waals surface area (Å²) in [5.41, 5.74) is 0.336. The zero-order chi connectivity index (χ0) is 12.7. The first kappa shape index (κ1) is 13.0. The molecule has 6 heteroatoms. The van der Waals surface area contributed by atoms with Crippen molar-refractivity contribution >= 4 is 11.9 Å². The first-order valence-corrected chi connectivity index (χ1v) is 5.24. The molecule has 0 aliphatic carbocycles. The number of esters is 1. The lowest BCUT2D eigenvalue weighted by Crippen LogP contribution is -2.27. The van der Waals surface area contributed by atoms with Crippen molar-refractivity contribution in [3.63, 3.8) is 0 Å². The van der Waals surface area contributed by atoms with Crippen molar-refractivity contribution in [2.24, 2.45) is 0 Å². The Balaban J connectivity index is 2.53. The Bertz CT molecular complexity index is 412. The highest BCUT2D eigenvalue weighted by molar-refractivity contribution is 5.88. The van der Waals surface area contributed by atoms with Crippen molar-refractivity contribution in [2.45, 2.75) is 13.5 Å². The van der Waals surface area contributed by atoms with E-state index in [-0.39, 0.29) is 12.5 Å². The van der Waals surface area contributed by atoms with Crippen molar-refractivity contribution in [3.05, 3.63) is 30.6 Å². The van der Waals surface area contributed by atoms with Crippen LogP contribution in [0.25, 0.3) is 0 Å². The van der Waals surface area contributed by atoms with E-state index < -0.39 is 5.97 Å². The number of nitrogens with one attached hydrogen (secondary N) is 1. The van der Waals surface area contributed by atoms with Crippen LogP contribution in [-0.2, 0) is 16.1 Å². The van der Waals surface area contributed by atoms with E-state index in [1.54, 1.807) is 13.0 Å². The molecule has 0 fully saturated rings. The van der Waals surface area contributed by atoms with Crippen molar-refractivity contribution in [2.75, 3.05) is 13.2 Å². The minimum Gasteiger partial charge on any atom is -0.462 e. The summed E-state index contributed by atoms with van der Waals surface area (Å²) in [6, 6.07) is 0. The molecule has 1 amide bonds. The van der Waals surface area contributed by atoms with E-state index in [9.17, 15) is 9.59 Å². The molecule has 0 unspecified atom stereocenters. The van der Waals surface area contributed by atoms with Crippen LogP contribution >= 0.6 is 0 Å². The van der Waals surface area contributed by atoms with Crippen molar-refractivity contribution in [1.29, 1.82) is 0 Å². The Hall–Kier alpha value is -2.11. The highest BCUT2D eigenvalue weighted by atomic mass is 16.5. The van der Waals surface area contributed by atoms with Crippen LogP contribution in [0.2, 0.25) is 0 Å². The SMILES string of the molecule is C=CCNC(=O)Cn1cc(C(=O)OCC)cn1. The summed E-state index contributed by atoms with van der Waals surface area (Å²) in [5, 5.41) is 6.51. The van der Waals surface area contributed by atoms with Gasteiger partial charge < -0.3 is 10.1 Å². The van der Waals surface area contributed by atoms with Gasteiger partial charge in [0.25, 0.3) is 0 Å². The summed E-state index contributed by atoms with van der Waals surface area (Å²) in [4.78, 5) is 22.7. The lowest BCUT2D eigenvalue weighted by molar-refractivity contribution is -0.121. The van der Waals surface area contributed by atoms with E-state index in [4.69, 9.17) is 4.74 Å². The molecule has 0 atom stereocenters. The zero-order valence-electron chi connectivity index (χ0n) is 9.68. The van der Waals surface area contributed by atoms with Crippen LogP contribution in [0.3, 0.4) is 0 Å². The first-order chi connectivity index (χ1) is 8.17. The van der Waals surface area contributed by atoms with Gasteiger partial charge in [-0.2, -0.15) is 5.10 Å². The van der Waals surface area contributed by atoms with Gasteiger partial charge in [0.05, 0.1) is 18.4 Å². The largest absolute Gasteiger partial charge is 0.462 e. The van der Waals surface area contributed by atoms with Gasteiger partial charge in [0.1, 0.15) is 6.54 Å². The lowest BCUT2D eigenvalue weighted by atomic mass is 10.4. The Morgan fingerprint density at radius 1 is 1.65 bits per heavy atom. The smallest absolute Gasteiger partial charge is 0.341 e. The number of carbonyl (C=O) groups is 2. The van der Waals surface area contributed by atoms with Crippen LogP contribution in [0.5, 0.6) is 0 Å². The third-order valence-electron chi connectivity index (χ3n) is 1.89. The molecule has 0 saturated carbocycles. The number of carbonyl (C=O) groups excluding carboxylic acids is 2. The molecule has 1 aromatic rings. The summed E-state index contributed by atoms with van der Waals surface area (Å²) in [7, 11) is 0. The fourth-order valence-electron chi connectivity index (χ4n) is 1.16. The third kappa shape index (κ3) is 4.10. The minimum atomic E-state index is -0.440. The van der Waals surface area contributed by atoms with Gasteiger partial charge in [0, 0.05) is 12.7 Å². The Kier molecular flexibility index (Phi) is 4.93.